The molecular weight excluding hydrogens is 187 g/mol. The van der Waals surface area contributed by atoms with Gasteiger partial charge in [-0.25, -0.2) is 4.39 Å². The summed E-state index contributed by atoms with van der Waals surface area (Å²) in [6.45, 7) is 0. The van der Waals surface area contributed by atoms with E-state index in [1.165, 1.54) is 26.5 Å². The zero-order valence-electron chi connectivity index (χ0n) is 8.11. The molecule has 0 amide bonds. The third kappa shape index (κ3) is 2.47. The van der Waals surface area contributed by atoms with Crippen molar-refractivity contribution in [1.29, 1.82) is 0 Å². The molecule has 0 aliphatic rings. The van der Waals surface area contributed by atoms with E-state index in [2.05, 4.69) is 4.98 Å². The molecule has 0 saturated heterocycles. The van der Waals surface area contributed by atoms with Crippen LogP contribution in [-0.4, -0.2) is 25.5 Å². The lowest BCUT2D eigenvalue weighted by atomic mass is 10.1. The van der Waals surface area contributed by atoms with E-state index in [0.29, 0.717) is 5.56 Å². The Morgan fingerprint density at radius 1 is 1.36 bits per heavy atom. The van der Waals surface area contributed by atoms with Gasteiger partial charge in [0.05, 0.1) is 12.2 Å². The fourth-order valence-electron chi connectivity index (χ4n) is 1.16. The Morgan fingerprint density at radius 3 is 2.50 bits per heavy atom. The van der Waals surface area contributed by atoms with Gasteiger partial charge in [-0.15, -0.1) is 0 Å². The molecule has 5 heteroatoms. The molecule has 4 nitrogen and oxygen atoms in total. The zero-order chi connectivity index (χ0) is 10.6. The Bertz CT molecular complexity index is 292. The average Bonchev–Trinajstić information content (AvgIpc) is 2.19. The van der Waals surface area contributed by atoms with Gasteiger partial charge in [0.25, 0.3) is 0 Å². The van der Waals surface area contributed by atoms with Gasteiger partial charge in [-0.05, 0) is 11.6 Å². The number of hydrogen-bond acceptors (Lipinski definition) is 4. The van der Waals surface area contributed by atoms with Gasteiger partial charge in [-0.2, -0.15) is 0 Å². The fraction of sp³-hybridized carbons (Fsp3) is 0.444. The maximum Gasteiger partial charge on any atom is 0.176 e. The number of methoxy groups -OCH3 is 2. The third-order valence-electron chi connectivity index (χ3n) is 1.87. The van der Waals surface area contributed by atoms with Gasteiger partial charge < -0.3 is 15.2 Å². The minimum Gasteiger partial charge on any atom is -0.354 e. The van der Waals surface area contributed by atoms with Gasteiger partial charge in [0, 0.05) is 20.4 Å². The second-order valence-electron chi connectivity index (χ2n) is 2.80. The van der Waals surface area contributed by atoms with Crippen LogP contribution in [0, 0.1) is 5.82 Å². The van der Waals surface area contributed by atoms with Crippen LogP contribution in [0.1, 0.15) is 11.6 Å². The van der Waals surface area contributed by atoms with Crippen LogP contribution in [0.15, 0.2) is 18.5 Å². The molecule has 2 N–H and O–H groups in total. The number of ether oxygens (including phenoxy) is 2. The highest BCUT2D eigenvalue weighted by molar-refractivity contribution is 5.15. The minimum absolute atomic E-state index is 0.427. The van der Waals surface area contributed by atoms with Crippen molar-refractivity contribution in [3.63, 3.8) is 0 Å². The predicted molar refractivity (Wildman–Crippen MR) is 48.9 cm³/mol. The molecule has 0 aromatic carbocycles. The van der Waals surface area contributed by atoms with Gasteiger partial charge in [0.1, 0.15) is 5.82 Å². The van der Waals surface area contributed by atoms with E-state index in [1.807, 2.05) is 0 Å². The molecule has 14 heavy (non-hydrogen) atoms. The van der Waals surface area contributed by atoms with Gasteiger partial charge in [0.2, 0.25) is 0 Å². The second-order valence-corrected chi connectivity index (χ2v) is 2.80. The van der Waals surface area contributed by atoms with Gasteiger partial charge in [-0.1, -0.05) is 0 Å². The summed E-state index contributed by atoms with van der Waals surface area (Å²) in [7, 11) is 2.95. The van der Waals surface area contributed by atoms with Crippen LogP contribution in [0.2, 0.25) is 0 Å². The Balaban J connectivity index is 2.82. The smallest absolute Gasteiger partial charge is 0.176 e. The summed E-state index contributed by atoms with van der Waals surface area (Å²) in [6.07, 6.45) is 2.00. The van der Waals surface area contributed by atoms with Crippen LogP contribution in [0.4, 0.5) is 4.39 Å². The molecule has 0 saturated carbocycles. The predicted octanol–water partition coefficient (Wildman–Crippen LogP) is 0.839. The first-order valence-electron chi connectivity index (χ1n) is 4.10. The lowest BCUT2D eigenvalue weighted by Gasteiger charge is -2.20. The van der Waals surface area contributed by atoms with Crippen molar-refractivity contribution in [1.82, 2.24) is 4.98 Å². The maximum absolute atomic E-state index is 12.8. The lowest BCUT2D eigenvalue weighted by Crippen LogP contribution is -2.29. The Morgan fingerprint density at radius 2 is 2.00 bits per heavy atom. The van der Waals surface area contributed by atoms with E-state index in [0.717, 1.165) is 6.20 Å². The molecule has 0 aliphatic heterocycles. The molecule has 0 fully saturated rings. The van der Waals surface area contributed by atoms with Crippen LogP contribution in [0.3, 0.4) is 0 Å². The number of aromatic nitrogens is 1. The highest BCUT2D eigenvalue weighted by Crippen LogP contribution is 2.16. The molecule has 0 radical (unpaired) electrons. The summed E-state index contributed by atoms with van der Waals surface area (Å²) in [5, 5.41) is 0. The number of nitrogens with zero attached hydrogens (tertiary/aromatic N) is 1. The van der Waals surface area contributed by atoms with E-state index in [4.69, 9.17) is 15.2 Å². The maximum atomic E-state index is 12.8. The quantitative estimate of drug-likeness (QED) is 0.732. The number of halogens is 1. The molecule has 0 bridgehead atoms. The van der Waals surface area contributed by atoms with Crippen LogP contribution in [-0.2, 0) is 9.47 Å². The van der Waals surface area contributed by atoms with Crippen molar-refractivity contribution < 1.29 is 13.9 Å². The fourth-order valence-corrected chi connectivity index (χ4v) is 1.16. The highest BCUT2D eigenvalue weighted by Gasteiger charge is 2.18. The second kappa shape index (κ2) is 4.99. The molecular formula is C9H13FN2O2. The first-order chi connectivity index (χ1) is 6.69. The molecule has 1 rings (SSSR count). The summed E-state index contributed by atoms with van der Waals surface area (Å²) >= 11 is 0. The van der Waals surface area contributed by atoms with Crippen molar-refractivity contribution in [2.24, 2.45) is 5.73 Å². The van der Waals surface area contributed by atoms with Crippen molar-refractivity contribution in [3.8, 4) is 0 Å². The molecule has 1 aromatic heterocycles. The summed E-state index contributed by atoms with van der Waals surface area (Å²) < 4.78 is 22.7. The van der Waals surface area contributed by atoms with E-state index in [9.17, 15) is 4.39 Å². The van der Waals surface area contributed by atoms with Crippen molar-refractivity contribution in [3.05, 3.63) is 29.8 Å². The topological polar surface area (TPSA) is 57.4 Å². The van der Waals surface area contributed by atoms with Crippen molar-refractivity contribution in [2.75, 3.05) is 14.2 Å². The summed E-state index contributed by atoms with van der Waals surface area (Å²) in [5.41, 5.74) is 6.31. The Kier molecular flexibility index (Phi) is 3.94. The van der Waals surface area contributed by atoms with Crippen LogP contribution in [0.25, 0.3) is 0 Å². The zero-order valence-corrected chi connectivity index (χ0v) is 8.11. The third-order valence-corrected chi connectivity index (χ3v) is 1.87. The Hall–Kier alpha value is -1.04. The standard InChI is InChI=1S/C9H13FN2O2/c1-13-9(14-2)8(11)6-3-7(10)5-12-4-6/h3-5,8-9H,11H2,1-2H3. The van der Waals surface area contributed by atoms with Gasteiger partial charge in [0.15, 0.2) is 6.29 Å². The summed E-state index contributed by atoms with van der Waals surface area (Å²) in [4.78, 5) is 3.69. The normalized spacial score (nSPS) is 13.2. The average molecular weight is 200 g/mol. The largest absolute Gasteiger partial charge is 0.354 e. The van der Waals surface area contributed by atoms with E-state index < -0.39 is 18.1 Å². The van der Waals surface area contributed by atoms with Crippen LogP contribution in [0.5, 0.6) is 0 Å². The van der Waals surface area contributed by atoms with Crippen LogP contribution < -0.4 is 5.73 Å². The highest BCUT2D eigenvalue weighted by atomic mass is 19.1. The Labute approximate surface area is 81.8 Å². The van der Waals surface area contributed by atoms with Gasteiger partial charge in [-0.3, -0.25) is 4.98 Å². The molecule has 1 aromatic rings. The summed E-state index contributed by atoms with van der Waals surface area (Å²) in [6, 6.07) is 0.760. The molecule has 78 valence electrons. The van der Waals surface area contributed by atoms with Crippen molar-refractivity contribution in [2.45, 2.75) is 12.3 Å². The molecule has 1 heterocycles. The van der Waals surface area contributed by atoms with E-state index in [-0.39, 0.29) is 0 Å². The first kappa shape index (κ1) is 11.0. The number of nitrogens with two attached hydrogens (primary N) is 1. The molecule has 1 unspecified atom stereocenters. The SMILES string of the molecule is COC(OC)C(N)c1cncc(F)c1. The van der Waals surface area contributed by atoms with E-state index >= 15 is 0 Å². The number of pyridine rings is 1. The van der Waals surface area contributed by atoms with E-state index in [1.54, 1.807) is 0 Å². The van der Waals surface area contributed by atoms with Crippen LogP contribution >= 0.6 is 0 Å². The molecule has 1 atom stereocenters. The number of rotatable bonds is 4. The first-order valence-corrected chi connectivity index (χ1v) is 4.10. The molecule has 0 aliphatic carbocycles. The van der Waals surface area contributed by atoms with Gasteiger partial charge >= 0.3 is 0 Å². The monoisotopic (exact) mass is 200 g/mol. The lowest BCUT2D eigenvalue weighted by molar-refractivity contribution is -0.117. The summed E-state index contributed by atoms with van der Waals surface area (Å²) in [5.74, 6) is -0.427. The number of hydrogen-bond donors (Lipinski definition) is 1. The molecule has 0 spiro atoms. The minimum atomic E-state index is -0.599. The van der Waals surface area contributed by atoms with Crippen molar-refractivity contribution >= 4 is 0 Å².